The minimum absolute atomic E-state index is 0.106. The van der Waals surface area contributed by atoms with Crippen molar-refractivity contribution >= 4 is 5.78 Å². The van der Waals surface area contributed by atoms with Gasteiger partial charge in [0.05, 0.1) is 12.7 Å². The molecular formula is C13H23NO2. The van der Waals surface area contributed by atoms with Crippen molar-refractivity contribution in [3.8, 4) is 0 Å². The summed E-state index contributed by atoms with van der Waals surface area (Å²) >= 11 is 0. The second-order valence-corrected chi connectivity index (χ2v) is 4.33. The van der Waals surface area contributed by atoms with Gasteiger partial charge in [0.25, 0.3) is 0 Å². The van der Waals surface area contributed by atoms with Crippen LogP contribution in [0.5, 0.6) is 0 Å². The molecule has 0 bridgehead atoms. The number of Topliss-reactive ketones (excluding diaryl/α,β-unsaturated/α-hetero) is 1. The van der Waals surface area contributed by atoms with Gasteiger partial charge in [0.15, 0.2) is 0 Å². The normalized spacial score (nSPS) is 20.6. The molecule has 1 N–H and O–H groups in total. The number of ether oxygens (including phenoxy) is 1. The summed E-state index contributed by atoms with van der Waals surface area (Å²) in [5.41, 5.74) is 0. The highest BCUT2D eigenvalue weighted by Gasteiger charge is 2.16. The van der Waals surface area contributed by atoms with Gasteiger partial charge in [0.1, 0.15) is 5.78 Å². The molecule has 92 valence electrons. The van der Waals surface area contributed by atoms with Crippen molar-refractivity contribution in [2.45, 2.75) is 44.6 Å². The number of allylic oxidation sites excluding steroid dienone is 1. The summed E-state index contributed by atoms with van der Waals surface area (Å²) in [6, 6.07) is 0. The van der Waals surface area contributed by atoms with Gasteiger partial charge < -0.3 is 10.1 Å². The van der Waals surface area contributed by atoms with E-state index in [0.717, 1.165) is 45.4 Å². The fourth-order valence-corrected chi connectivity index (χ4v) is 1.89. The minimum Gasteiger partial charge on any atom is -0.375 e. The van der Waals surface area contributed by atoms with E-state index >= 15 is 0 Å². The van der Waals surface area contributed by atoms with Crippen LogP contribution in [0.15, 0.2) is 12.7 Å². The number of unbranched alkanes of at least 4 members (excludes halogenated alkanes) is 3. The first-order chi connectivity index (χ1) is 7.83. The van der Waals surface area contributed by atoms with Crippen LogP contribution in [0.3, 0.4) is 0 Å². The molecule has 1 rings (SSSR count). The van der Waals surface area contributed by atoms with Crippen molar-refractivity contribution in [2.75, 3.05) is 19.7 Å². The molecule has 0 radical (unpaired) electrons. The van der Waals surface area contributed by atoms with Crippen molar-refractivity contribution in [3.05, 3.63) is 12.7 Å². The molecule has 0 amide bonds. The number of ketones is 1. The molecule has 1 heterocycles. The van der Waals surface area contributed by atoms with Crippen LogP contribution in [0.1, 0.15) is 38.5 Å². The molecule has 3 nitrogen and oxygen atoms in total. The standard InChI is InChI=1S/C13H23NO2/c1-2-3-4-5-6-7-12(15)10-13-11-14-8-9-16-13/h2,13-14H,1,3-11H2. The third-order valence-electron chi connectivity index (χ3n) is 2.82. The SMILES string of the molecule is C=CCCCCCC(=O)CC1CNCCO1. The molecule has 0 aliphatic carbocycles. The van der Waals surface area contributed by atoms with Crippen LogP contribution < -0.4 is 5.32 Å². The highest BCUT2D eigenvalue weighted by atomic mass is 16.5. The molecule has 3 heteroatoms. The molecule has 0 aromatic heterocycles. The number of hydrogen-bond acceptors (Lipinski definition) is 3. The van der Waals surface area contributed by atoms with Crippen LogP contribution in [-0.4, -0.2) is 31.6 Å². The fourth-order valence-electron chi connectivity index (χ4n) is 1.89. The topological polar surface area (TPSA) is 38.3 Å². The Morgan fingerprint density at radius 1 is 1.44 bits per heavy atom. The fraction of sp³-hybridized carbons (Fsp3) is 0.769. The zero-order valence-electron chi connectivity index (χ0n) is 10.0. The summed E-state index contributed by atoms with van der Waals surface area (Å²) < 4.78 is 5.50. The Kier molecular flexibility index (Phi) is 7.10. The van der Waals surface area contributed by atoms with Gasteiger partial charge in [-0.05, 0) is 19.3 Å². The number of nitrogens with one attached hydrogen (secondary N) is 1. The molecule has 1 aliphatic rings. The molecule has 0 aromatic rings. The third kappa shape index (κ3) is 6.03. The van der Waals surface area contributed by atoms with E-state index in [2.05, 4.69) is 11.9 Å². The van der Waals surface area contributed by atoms with E-state index in [1.807, 2.05) is 6.08 Å². The first-order valence-corrected chi connectivity index (χ1v) is 6.28. The van der Waals surface area contributed by atoms with Crippen LogP contribution in [0.25, 0.3) is 0 Å². The van der Waals surface area contributed by atoms with Crippen LogP contribution in [0, 0.1) is 0 Å². The van der Waals surface area contributed by atoms with Crippen LogP contribution in [0.4, 0.5) is 0 Å². The molecule has 1 atom stereocenters. The van der Waals surface area contributed by atoms with E-state index < -0.39 is 0 Å². The smallest absolute Gasteiger partial charge is 0.135 e. The molecule has 0 spiro atoms. The molecule has 1 aliphatic heterocycles. The summed E-state index contributed by atoms with van der Waals surface area (Å²) in [4.78, 5) is 11.6. The maximum Gasteiger partial charge on any atom is 0.135 e. The maximum atomic E-state index is 11.6. The summed E-state index contributed by atoms with van der Waals surface area (Å²) in [6.45, 7) is 6.14. The quantitative estimate of drug-likeness (QED) is 0.507. The lowest BCUT2D eigenvalue weighted by atomic mass is 10.1. The average molecular weight is 225 g/mol. The van der Waals surface area contributed by atoms with Gasteiger partial charge in [-0.25, -0.2) is 0 Å². The first kappa shape index (κ1) is 13.4. The lowest BCUT2D eigenvalue weighted by Gasteiger charge is -2.22. The highest BCUT2D eigenvalue weighted by molar-refractivity contribution is 5.78. The van der Waals surface area contributed by atoms with Crippen molar-refractivity contribution < 1.29 is 9.53 Å². The van der Waals surface area contributed by atoms with E-state index in [1.54, 1.807) is 0 Å². The Morgan fingerprint density at radius 2 is 2.31 bits per heavy atom. The maximum absolute atomic E-state index is 11.6. The van der Waals surface area contributed by atoms with Crippen molar-refractivity contribution in [3.63, 3.8) is 0 Å². The third-order valence-corrected chi connectivity index (χ3v) is 2.82. The number of rotatable bonds is 8. The lowest BCUT2D eigenvalue weighted by Crippen LogP contribution is -2.39. The van der Waals surface area contributed by atoms with Gasteiger partial charge in [0, 0.05) is 25.9 Å². The summed E-state index contributed by atoms with van der Waals surface area (Å²) in [7, 11) is 0. The molecule has 1 saturated heterocycles. The zero-order chi connectivity index (χ0) is 11.6. The monoisotopic (exact) mass is 225 g/mol. The largest absolute Gasteiger partial charge is 0.375 e. The summed E-state index contributed by atoms with van der Waals surface area (Å²) in [5.74, 6) is 0.340. The Labute approximate surface area is 98.2 Å². The van der Waals surface area contributed by atoms with Gasteiger partial charge >= 0.3 is 0 Å². The van der Waals surface area contributed by atoms with Gasteiger partial charge in [-0.1, -0.05) is 12.5 Å². The zero-order valence-corrected chi connectivity index (χ0v) is 10.0. The van der Waals surface area contributed by atoms with Crippen molar-refractivity contribution in [2.24, 2.45) is 0 Å². The van der Waals surface area contributed by atoms with Crippen molar-refractivity contribution in [1.82, 2.24) is 5.32 Å². The number of carbonyl (C=O) groups is 1. The molecular weight excluding hydrogens is 202 g/mol. The predicted octanol–water partition coefficient (Wildman–Crippen LogP) is 2.07. The average Bonchev–Trinajstić information content (AvgIpc) is 2.30. The Balaban J connectivity index is 1.99. The number of morpholine rings is 1. The van der Waals surface area contributed by atoms with Crippen LogP contribution >= 0.6 is 0 Å². The number of carbonyl (C=O) groups excluding carboxylic acids is 1. The second-order valence-electron chi connectivity index (χ2n) is 4.33. The Morgan fingerprint density at radius 3 is 3.00 bits per heavy atom. The second kappa shape index (κ2) is 8.48. The highest BCUT2D eigenvalue weighted by Crippen LogP contribution is 2.08. The Bertz CT molecular complexity index is 210. The summed E-state index contributed by atoms with van der Waals surface area (Å²) in [5, 5.41) is 3.24. The van der Waals surface area contributed by atoms with E-state index in [1.165, 1.54) is 0 Å². The van der Waals surface area contributed by atoms with Gasteiger partial charge in [-0.2, -0.15) is 0 Å². The molecule has 0 aromatic carbocycles. The summed E-state index contributed by atoms with van der Waals surface area (Å²) in [6.07, 6.45) is 7.67. The molecule has 0 saturated carbocycles. The van der Waals surface area contributed by atoms with E-state index in [-0.39, 0.29) is 6.10 Å². The van der Waals surface area contributed by atoms with Gasteiger partial charge in [-0.15, -0.1) is 6.58 Å². The van der Waals surface area contributed by atoms with Crippen LogP contribution in [0.2, 0.25) is 0 Å². The van der Waals surface area contributed by atoms with Crippen LogP contribution in [-0.2, 0) is 9.53 Å². The van der Waals surface area contributed by atoms with Crippen molar-refractivity contribution in [1.29, 1.82) is 0 Å². The van der Waals surface area contributed by atoms with E-state index in [0.29, 0.717) is 18.6 Å². The number of hydrogen-bond donors (Lipinski definition) is 1. The first-order valence-electron chi connectivity index (χ1n) is 6.28. The predicted molar refractivity (Wildman–Crippen MR) is 65.5 cm³/mol. The molecule has 1 fully saturated rings. The van der Waals surface area contributed by atoms with Gasteiger partial charge in [0.2, 0.25) is 0 Å². The molecule has 1 unspecified atom stereocenters. The van der Waals surface area contributed by atoms with E-state index in [9.17, 15) is 4.79 Å². The van der Waals surface area contributed by atoms with Gasteiger partial charge in [-0.3, -0.25) is 4.79 Å². The lowest BCUT2D eigenvalue weighted by molar-refractivity contribution is -0.122. The molecule has 16 heavy (non-hydrogen) atoms. The van der Waals surface area contributed by atoms with E-state index in [4.69, 9.17) is 4.74 Å². The Hall–Kier alpha value is -0.670. The minimum atomic E-state index is 0.106.